The maximum atomic E-state index is 13.0. The Morgan fingerprint density at radius 3 is 2.43 bits per heavy atom. The van der Waals surface area contributed by atoms with Crippen LogP contribution in [0, 0.1) is 6.92 Å². The molecule has 0 spiro atoms. The van der Waals surface area contributed by atoms with Crippen LogP contribution in [-0.2, 0) is 22.0 Å². The molecule has 1 saturated carbocycles. The minimum atomic E-state index is -4.20. The van der Waals surface area contributed by atoms with Crippen molar-refractivity contribution in [2.24, 2.45) is 0 Å². The lowest BCUT2D eigenvalue weighted by Gasteiger charge is -2.35. The highest BCUT2D eigenvalue weighted by Gasteiger charge is 2.33. The standard InChI is InChI=1S/C32H35ClF3N5O2S/c1-4-21-15-22(27-14-11-25(38-20(27)2)18-44(42,43)29-8-6-5-7-28(29)33)16-23-17-37-31(40-30(21)23)39-24-9-12-26(13-10-24)41(3)19-32(34,35)36/h5-8,11,14-17,24,26H,4,9-10,12-13,18-19H2,1-3H3,(H,37,39,40). The van der Waals surface area contributed by atoms with Gasteiger partial charge in [0.05, 0.1) is 33.4 Å². The highest BCUT2D eigenvalue weighted by Crippen LogP contribution is 2.32. The third-order valence-electron chi connectivity index (χ3n) is 8.19. The Morgan fingerprint density at radius 2 is 1.77 bits per heavy atom. The van der Waals surface area contributed by atoms with Gasteiger partial charge in [0.1, 0.15) is 0 Å². The van der Waals surface area contributed by atoms with E-state index in [-0.39, 0.29) is 27.8 Å². The molecular formula is C32H35ClF3N5O2S. The van der Waals surface area contributed by atoms with Crippen molar-refractivity contribution in [2.45, 2.75) is 74.9 Å². The second kappa shape index (κ2) is 13.0. The summed E-state index contributed by atoms with van der Waals surface area (Å²) in [5, 5.41) is 4.45. The molecule has 0 aliphatic heterocycles. The molecule has 0 radical (unpaired) electrons. The van der Waals surface area contributed by atoms with Crippen molar-refractivity contribution >= 4 is 38.3 Å². The molecule has 2 aromatic carbocycles. The number of pyridine rings is 1. The lowest BCUT2D eigenvalue weighted by Crippen LogP contribution is -2.42. The Bertz CT molecular complexity index is 1760. The van der Waals surface area contributed by atoms with Crippen LogP contribution in [0.15, 0.2) is 59.6 Å². The predicted molar refractivity (Wildman–Crippen MR) is 168 cm³/mol. The number of nitrogens with zero attached hydrogens (tertiary/aromatic N) is 4. The van der Waals surface area contributed by atoms with Gasteiger partial charge in [-0.3, -0.25) is 9.88 Å². The normalized spacial score (nSPS) is 17.7. The van der Waals surface area contributed by atoms with Crippen LogP contribution in [0.2, 0.25) is 5.02 Å². The molecule has 0 bridgehead atoms. The van der Waals surface area contributed by atoms with Crippen LogP contribution in [0.25, 0.3) is 22.0 Å². The van der Waals surface area contributed by atoms with Crippen molar-refractivity contribution in [3.8, 4) is 11.1 Å². The maximum Gasteiger partial charge on any atom is 0.401 e. The summed E-state index contributed by atoms with van der Waals surface area (Å²) in [7, 11) is -2.13. The van der Waals surface area contributed by atoms with Gasteiger partial charge in [-0.15, -0.1) is 0 Å². The molecule has 12 heteroatoms. The molecule has 0 amide bonds. The van der Waals surface area contributed by atoms with E-state index < -0.39 is 22.6 Å². The Balaban J connectivity index is 1.31. The number of hydrogen-bond acceptors (Lipinski definition) is 7. The molecule has 2 aromatic heterocycles. The Hall–Kier alpha value is -3.28. The molecular weight excluding hydrogens is 611 g/mol. The van der Waals surface area contributed by atoms with E-state index in [1.54, 1.807) is 30.5 Å². The van der Waals surface area contributed by atoms with Gasteiger partial charge in [-0.25, -0.2) is 18.4 Å². The number of benzene rings is 2. The molecule has 0 atom stereocenters. The molecule has 234 valence electrons. The number of nitrogens with one attached hydrogen (secondary N) is 1. The number of alkyl halides is 3. The van der Waals surface area contributed by atoms with E-state index in [0.717, 1.165) is 46.9 Å². The van der Waals surface area contributed by atoms with E-state index in [1.807, 2.05) is 19.1 Å². The zero-order valence-electron chi connectivity index (χ0n) is 24.8. The highest BCUT2D eigenvalue weighted by atomic mass is 35.5. The molecule has 0 saturated heterocycles. The van der Waals surface area contributed by atoms with E-state index in [2.05, 4.69) is 28.3 Å². The van der Waals surface area contributed by atoms with Crippen molar-refractivity contribution in [1.82, 2.24) is 19.9 Å². The summed E-state index contributed by atoms with van der Waals surface area (Å²) in [6.07, 6.45) is 1.17. The summed E-state index contributed by atoms with van der Waals surface area (Å²) in [6.45, 7) is 3.02. The fourth-order valence-electron chi connectivity index (χ4n) is 5.94. The van der Waals surface area contributed by atoms with E-state index in [9.17, 15) is 21.6 Å². The highest BCUT2D eigenvalue weighted by molar-refractivity contribution is 7.90. The van der Waals surface area contributed by atoms with Crippen LogP contribution in [0.4, 0.5) is 19.1 Å². The minimum Gasteiger partial charge on any atom is -0.351 e. The third-order valence-corrected chi connectivity index (χ3v) is 10.3. The van der Waals surface area contributed by atoms with E-state index in [4.69, 9.17) is 16.6 Å². The largest absolute Gasteiger partial charge is 0.401 e. The van der Waals surface area contributed by atoms with Crippen LogP contribution in [0.5, 0.6) is 0 Å². The SMILES string of the molecule is CCc1cc(-c2ccc(CS(=O)(=O)c3ccccc3Cl)nc2C)cc2cnc(NC3CCC(N(C)CC(F)(F)F)CC3)nc12. The fraction of sp³-hybridized carbons (Fsp3) is 0.406. The number of fused-ring (bicyclic) bond motifs is 1. The minimum absolute atomic E-state index is 0.0855. The van der Waals surface area contributed by atoms with Crippen LogP contribution in [-0.4, -0.2) is 60.1 Å². The van der Waals surface area contributed by atoms with Gasteiger partial charge in [-0.2, -0.15) is 13.2 Å². The smallest absolute Gasteiger partial charge is 0.351 e. The van der Waals surface area contributed by atoms with Gasteiger partial charge in [-0.05, 0) is 87.5 Å². The number of aromatic nitrogens is 3. The van der Waals surface area contributed by atoms with Gasteiger partial charge in [0, 0.05) is 34.9 Å². The third kappa shape index (κ3) is 7.50. The van der Waals surface area contributed by atoms with Crippen LogP contribution < -0.4 is 5.32 Å². The summed E-state index contributed by atoms with van der Waals surface area (Å²) in [4.78, 5) is 15.5. The Labute approximate surface area is 260 Å². The maximum absolute atomic E-state index is 13.0. The first-order chi connectivity index (χ1) is 20.8. The number of anilines is 1. The van der Waals surface area contributed by atoms with Gasteiger partial charge in [0.2, 0.25) is 5.95 Å². The van der Waals surface area contributed by atoms with E-state index >= 15 is 0 Å². The van der Waals surface area contributed by atoms with Crippen LogP contribution in [0.3, 0.4) is 0 Å². The number of halogens is 4. The molecule has 4 aromatic rings. The number of rotatable bonds is 9. The van der Waals surface area contributed by atoms with Gasteiger partial charge < -0.3 is 5.32 Å². The number of hydrogen-bond donors (Lipinski definition) is 1. The zero-order valence-corrected chi connectivity index (χ0v) is 26.4. The van der Waals surface area contributed by atoms with E-state index in [0.29, 0.717) is 30.2 Å². The summed E-state index contributed by atoms with van der Waals surface area (Å²) in [5.41, 5.74) is 4.82. The molecule has 5 rings (SSSR count). The Morgan fingerprint density at radius 1 is 1.05 bits per heavy atom. The predicted octanol–water partition coefficient (Wildman–Crippen LogP) is 7.41. The second-order valence-electron chi connectivity index (χ2n) is 11.4. The van der Waals surface area contributed by atoms with Gasteiger partial charge in [-0.1, -0.05) is 36.7 Å². The first kappa shape index (κ1) is 32.1. The number of sulfone groups is 1. The molecule has 44 heavy (non-hydrogen) atoms. The average molecular weight is 646 g/mol. The molecule has 1 fully saturated rings. The summed E-state index contributed by atoms with van der Waals surface area (Å²) in [6, 6.07) is 14.1. The van der Waals surface area contributed by atoms with Crippen molar-refractivity contribution in [3.05, 3.63) is 76.7 Å². The van der Waals surface area contributed by atoms with Crippen molar-refractivity contribution in [3.63, 3.8) is 0 Å². The quantitative estimate of drug-likeness (QED) is 0.203. The topological polar surface area (TPSA) is 88.1 Å². The van der Waals surface area contributed by atoms with Crippen molar-refractivity contribution in [2.75, 3.05) is 18.9 Å². The summed E-state index contributed by atoms with van der Waals surface area (Å²) >= 11 is 6.13. The number of aryl methyl sites for hydroxylation is 2. The Kier molecular flexibility index (Phi) is 9.48. The van der Waals surface area contributed by atoms with Gasteiger partial charge in [0.25, 0.3) is 0 Å². The van der Waals surface area contributed by atoms with Crippen LogP contribution >= 0.6 is 11.6 Å². The van der Waals surface area contributed by atoms with Gasteiger partial charge >= 0.3 is 6.18 Å². The summed E-state index contributed by atoms with van der Waals surface area (Å²) < 4.78 is 64.3. The zero-order chi connectivity index (χ0) is 31.6. The van der Waals surface area contributed by atoms with Crippen molar-refractivity contribution < 1.29 is 21.6 Å². The molecule has 2 heterocycles. The second-order valence-corrected chi connectivity index (χ2v) is 13.8. The molecule has 1 N–H and O–H groups in total. The lowest BCUT2D eigenvalue weighted by molar-refractivity contribution is -0.148. The first-order valence-electron chi connectivity index (χ1n) is 14.6. The summed E-state index contributed by atoms with van der Waals surface area (Å²) in [5.74, 6) is 0.250. The van der Waals surface area contributed by atoms with Crippen molar-refractivity contribution in [1.29, 1.82) is 0 Å². The van der Waals surface area contributed by atoms with Gasteiger partial charge in [0.15, 0.2) is 9.84 Å². The molecule has 0 unspecified atom stereocenters. The van der Waals surface area contributed by atoms with E-state index in [1.165, 1.54) is 18.0 Å². The average Bonchev–Trinajstić information content (AvgIpc) is 2.96. The molecule has 1 aliphatic carbocycles. The fourth-order valence-corrected chi connectivity index (χ4v) is 7.78. The molecule has 7 nitrogen and oxygen atoms in total. The van der Waals surface area contributed by atoms with Crippen LogP contribution in [0.1, 0.15) is 49.6 Å². The lowest BCUT2D eigenvalue weighted by atomic mass is 9.90. The monoisotopic (exact) mass is 645 g/mol. The molecule has 1 aliphatic rings. The first-order valence-corrected chi connectivity index (χ1v) is 16.6.